The SMILES string of the molecule is CCn1ccc(C(=O)N2CCCC(CC(=O)NCCn3ccnc3)C2)n1. The van der Waals surface area contributed by atoms with E-state index in [-0.39, 0.29) is 17.7 Å². The van der Waals surface area contributed by atoms with Gasteiger partial charge in [0, 0.05) is 57.7 Å². The Morgan fingerprint density at radius 2 is 2.23 bits per heavy atom. The van der Waals surface area contributed by atoms with Crippen molar-refractivity contribution < 1.29 is 9.59 Å². The number of imidazole rings is 1. The fraction of sp³-hybridized carbons (Fsp3) is 0.556. The van der Waals surface area contributed by atoms with Crippen LogP contribution in [0.25, 0.3) is 0 Å². The maximum absolute atomic E-state index is 12.6. The van der Waals surface area contributed by atoms with Gasteiger partial charge in [0.05, 0.1) is 6.33 Å². The minimum absolute atomic E-state index is 0.0394. The van der Waals surface area contributed by atoms with Crippen molar-refractivity contribution in [2.75, 3.05) is 19.6 Å². The molecule has 0 aromatic carbocycles. The molecule has 0 bridgehead atoms. The van der Waals surface area contributed by atoms with Crippen molar-refractivity contribution in [1.82, 2.24) is 29.5 Å². The number of carbonyl (C=O) groups excluding carboxylic acids is 2. The minimum Gasteiger partial charge on any atom is -0.354 e. The minimum atomic E-state index is -0.0394. The van der Waals surface area contributed by atoms with Gasteiger partial charge in [-0.05, 0) is 31.7 Å². The number of carbonyl (C=O) groups is 2. The molecule has 1 N–H and O–H groups in total. The standard InChI is InChI=1S/C18H26N6O2/c1-2-24-9-5-16(21-24)18(26)23-8-3-4-15(13-23)12-17(25)20-7-11-22-10-6-19-14-22/h5-6,9-10,14-15H,2-4,7-8,11-13H2,1H3,(H,20,25). The summed E-state index contributed by atoms with van der Waals surface area (Å²) in [5, 5.41) is 7.24. The average molecular weight is 358 g/mol. The molecular formula is C18H26N6O2. The van der Waals surface area contributed by atoms with Gasteiger partial charge in [-0.2, -0.15) is 5.10 Å². The lowest BCUT2D eigenvalue weighted by atomic mass is 9.94. The first-order valence-corrected chi connectivity index (χ1v) is 9.21. The van der Waals surface area contributed by atoms with Crippen LogP contribution >= 0.6 is 0 Å². The molecule has 1 aliphatic heterocycles. The molecule has 8 nitrogen and oxygen atoms in total. The summed E-state index contributed by atoms with van der Waals surface area (Å²) < 4.78 is 3.68. The summed E-state index contributed by atoms with van der Waals surface area (Å²) in [5.41, 5.74) is 0.484. The number of likely N-dealkylation sites (tertiary alicyclic amines) is 1. The number of hydrogen-bond donors (Lipinski definition) is 1. The molecular weight excluding hydrogens is 332 g/mol. The van der Waals surface area contributed by atoms with Crippen LogP contribution in [-0.4, -0.2) is 55.7 Å². The molecule has 26 heavy (non-hydrogen) atoms. The summed E-state index contributed by atoms with van der Waals surface area (Å²) >= 11 is 0. The maximum atomic E-state index is 12.6. The number of piperidine rings is 1. The first kappa shape index (κ1) is 18.2. The molecule has 2 aromatic heterocycles. The van der Waals surface area contributed by atoms with Crippen molar-refractivity contribution in [3.05, 3.63) is 36.7 Å². The van der Waals surface area contributed by atoms with Crippen molar-refractivity contribution in [2.24, 2.45) is 5.92 Å². The van der Waals surface area contributed by atoms with E-state index in [1.807, 2.05) is 28.8 Å². The predicted molar refractivity (Wildman–Crippen MR) is 96.4 cm³/mol. The molecule has 2 amide bonds. The van der Waals surface area contributed by atoms with E-state index in [9.17, 15) is 9.59 Å². The summed E-state index contributed by atoms with van der Waals surface area (Å²) in [4.78, 5) is 30.6. The van der Waals surface area contributed by atoms with Crippen LogP contribution < -0.4 is 5.32 Å². The molecule has 1 saturated heterocycles. The summed E-state index contributed by atoms with van der Waals surface area (Å²) in [6.07, 6.45) is 9.50. The second kappa shape index (κ2) is 8.64. The number of nitrogens with zero attached hydrogens (tertiary/aromatic N) is 5. The lowest BCUT2D eigenvalue weighted by molar-refractivity contribution is -0.122. The second-order valence-corrected chi connectivity index (χ2v) is 6.67. The molecule has 0 spiro atoms. The number of aromatic nitrogens is 4. The van der Waals surface area contributed by atoms with Crippen LogP contribution in [0.5, 0.6) is 0 Å². The molecule has 0 saturated carbocycles. The lowest BCUT2D eigenvalue weighted by Gasteiger charge is -2.32. The van der Waals surface area contributed by atoms with E-state index in [1.54, 1.807) is 23.3 Å². The van der Waals surface area contributed by atoms with E-state index in [4.69, 9.17) is 0 Å². The van der Waals surface area contributed by atoms with Gasteiger partial charge in [-0.1, -0.05) is 0 Å². The highest BCUT2D eigenvalue weighted by Gasteiger charge is 2.27. The summed E-state index contributed by atoms with van der Waals surface area (Å²) in [6, 6.07) is 1.76. The Balaban J connectivity index is 1.45. The van der Waals surface area contributed by atoms with Gasteiger partial charge in [0.15, 0.2) is 0 Å². The Kier molecular flexibility index (Phi) is 6.04. The van der Waals surface area contributed by atoms with Crippen LogP contribution in [0.2, 0.25) is 0 Å². The van der Waals surface area contributed by atoms with Crippen molar-refractivity contribution in [3.8, 4) is 0 Å². The maximum Gasteiger partial charge on any atom is 0.274 e. The van der Waals surface area contributed by atoms with Gasteiger partial charge in [0.2, 0.25) is 5.91 Å². The monoisotopic (exact) mass is 358 g/mol. The molecule has 0 radical (unpaired) electrons. The van der Waals surface area contributed by atoms with Crippen molar-refractivity contribution in [1.29, 1.82) is 0 Å². The van der Waals surface area contributed by atoms with Gasteiger partial charge in [-0.25, -0.2) is 4.98 Å². The van der Waals surface area contributed by atoms with E-state index in [0.717, 1.165) is 25.9 Å². The molecule has 1 aliphatic rings. The molecule has 8 heteroatoms. The summed E-state index contributed by atoms with van der Waals surface area (Å²) in [5.74, 6) is 0.205. The smallest absolute Gasteiger partial charge is 0.274 e. The fourth-order valence-corrected chi connectivity index (χ4v) is 3.31. The van der Waals surface area contributed by atoms with E-state index in [1.165, 1.54) is 0 Å². The molecule has 1 atom stereocenters. The molecule has 140 valence electrons. The average Bonchev–Trinajstić information content (AvgIpc) is 3.33. The van der Waals surface area contributed by atoms with Gasteiger partial charge < -0.3 is 14.8 Å². The Labute approximate surface area is 153 Å². The Morgan fingerprint density at radius 3 is 2.96 bits per heavy atom. The van der Waals surface area contributed by atoms with Crippen LogP contribution in [0.15, 0.2) is 31.0 Å². The molecule has 2 aromatic rings. The van der Waals surface area contributed by atoms with Crippen LogP contribution in [-0.2, 0) is 17.9 Å². The predicted octanol–water partition coefficient (Wildman–Crippen LogP) is 1.16. The van der Waals surface area contributed by atoms with Gasteiger partial charge in [-0.3, -0.25) is 14.3 Å². The van der Waals surface area contributed by atoms with Gasteiger partial charge in [0.25, 0.3) is 5.91 Å². The first-order valence-electron chi connectivity index (χ1n) is 9.21. The number of rotatable bonds is 7. The number of aryl methyl sites for hydroxylation is 1. The molecule has 1 fully saturated rings. The highest BCUT2D eigenvalue weighted by molar-refractivity contribution is 5.92. The summed E-state index contributed by atoms with van der Waals surface area (Å²) in [7, 11) is 0. The zero-order valence-electron chi connectivity index (χ0n) is 15.2. The number of hydrogen-bond acceptors (Lipinski definition) is 4. The van der Waals surface area contributed by atoms with Crippen LogP contribution in [0.1, 0.15) is 36.7 Å². The molecule has 3 rings (SSSR count). The van der Waals surface area contributed by atoms with E-state index in [0.29, 0.717) is 31.7 Å². The second-order valence-electron chi connectivity index (χ2n) is 6.67. The quantitative estimate of drug-likeness (QED) is 0.805. The Hall–Kier alpha value is -2.64. The third kappa shape index (κ3) is 4.71. The van der Waals surface area contributed by atoms with Crippen molar-refractivity contribution >= 4 is 11.8 Å². The lowest BCUT2D eigenvalue weighted by Crippen LogP contribution is -2.41. The normalized spacial score (nSPS) is 17.3. The van der Waals surface area contributed by atoms with Gasteiger partial charge in [0.1, 0.15) is 5.69 Å². The zero-order chi connectivity index (χ0) is 18.4. The van der Waals surface area contributed by atoms with Gasteiger partial charge in [-0.15, -0.1) is 0 Å². The third-order valence-electron chi connectivity index (χ3n) is 4.72. The number of amides is 2. The van der Waals surface area contributed by atoms with Crippen molar-refractivity contribution in [3.63, 3.8) is 0 Å². The fourth-order valence-electron chi connectivity index (χ4n) is 3.31. The molecule has 3 heterocycles. The third-order valence-corrected chi connectivity index (χ3v) is 4.72. The Bertz CT molecular complexity index is 724. The van der Waals surface area contributed by atoms with E-state index in [2.05, 4.69) is 15.4 Å². The first-order chi connectivity index (χ1) is 12.7. The molecule has 1 unspecified atom stereocenters. The molecule has 0 aliphatic carbocycles. The van der Waals surface area contributed by atoms with Gasteiger partial charge >= 0.3 is 0 Å². The van der Waals surface area contributed by atoms with Crippen LogP contribution in [0.4, 0.5) is 0 Å². The van der Waals surface area contributed by atoms with Crippen LogP contribution in [0, 0.1) is 5.92 Å². The zero-order valence-corrected chi connectivity index (χ0v) is 15.2. The van der Waals surface area contributed by atoms with Crippen molar-refractivity contribution in [2.45, 2.75) is 39.3 Å². The largest absolute Gasteiger partial charge is 0.354 e. The Morgan fingerprint density at radius 1 is 1.35 bits per heavy atom. The van der Waals surface area contributed by atoms with Crippen LogP contribution in [0.3, 0.4) is 0 Å². The van der Waals surface area contributed by atoms with E-state index >= 15 is 0 Å². The topological polar surface area (TPSA) is 85.0 Å². The highest BCUT2D eigenvalue weighted by atomic mass is 16.2. The number of nitrogens with one attached hydrogen (secondary N) is 1. The van der Waals surface area contributed by atoms with E-state index < -0.39 is 0 Å². The summed E-state index contributed by atoms with van der Waals surface area (Å²) in [6.45, 7) is 5.38. The highest BCUT2D eigenvalue weighted by Crippen LogP contribution is 2.21.